The molecular formula is C10H16N2O2. The molecule has 4 heteroatoms. The van der Waals surface area contributed by atoms with Gasteiger partial charge in [0.05, 0.1) is 11.8 Å². The summed E-state index contributed by atoms with van der Waals surface area (Å²) in [4.78, 5) is 4.35. The van der Waals surface area contributed by atoms with Gasteiger partial charge in [-0.1, -0.05) is 13.8 Å². The molecular weight excluding hydrogens is 180 g/mol. The molecule has 2 rings (SSSR count). The van der Waals surface area contributed by atoms with Crippen LogP contribution in [0, 0.1) is 0 Å². The van der Waals surface area contributed by atoms with Gasteiger partial charge in [-0.3, -0.25) is 0 Å². The van der Waals surface area contributed by atoms with E-state index in [2.05, 4.69) is 24.1 Å². The van der Waals surface area contributed by atoms with Gasteiger partial charge in [0, 0.05) is 0 Å². The van der Waals surface area contributed by atoms with Gasteiger partial charge >= 0.3 is 0 Å². The van der Waals surface area contributed by atoms with Crippen LogP contribution in [0.1, 0.15) is 43.8 Å². The number of aliphatic hydroxyl groups is 1. The molecule has 1 aromatic rings. The van der Waals surface area contributed by atoms with Gasteiger partial charge < -0.3 is 14.8 Å². The first kappa shape index (κ1) is 9.68. The number of nitrogens with zero attached hydrogens (tertiary/aromatic N) is 1. The third-order valence-corrected chi connectivity index (χ3v) is 2.59. The van der Waals surface area contributed by atoms with Crippen LogP contribution >= 0.6 is 0 Å². The van der Waals surface area contributed by atoms with E-state index in [0.29, 0.717) is 11.8 Å². The van der Waals surface area contributed by atoms with Crippen molar-refractivity contribution in [1.29, 1.82) is 0 Å². The Balaban J connectivity index is 2.16. The normalized spacial score (nSPS) is 27.4. The standard InChI is InChI=1S/C10H16N2O2/c1-6(2)7-5-14-10(12-7)9-8(13)3-4-11-9/h5-6,8-9,11,13H,3-4H2,1-2H3. The lowest BCUT2D eigenvalue weighted by atomic mass is 10.1. The summed E-state index contributed by atoms with van der Waals surface area (Å²) in [5, 5.41) is 12.8. The largest absolute Gasteiger partial charge is 0.447 e. The van der Waals surface area contributed by atoms with Crippen LogP contribution in [0.25, 0.3) is 0 Å². The lowest BCUT2D eigenvalue weighted by Gasteiger charge is -2.09. The first-order chi connectivity index (χ1) is 6.68. The Bertz CT molecular complexity index is 309. The predicted octanol–water partition coefficient (Wildman–Crippen LogP) is 1.19. The molecule has 1 aliphatic heterocycles. The third-order valence-electron chi connectivity index (χ3n) is 2.59. The summed E-state index contributed by atoms with van der Waals surface area (Å²) in [5.41, 5.74) is 0.945. The second-order valence-electron chi connectivity index (χ2n) is 4.05. The van der Waals surface area contributed by atoms with Crippen molar-refractivity contribution in [1.82, 2.24) is 10.3 Å². The molecule has 78 valence electrons. The molecule has 0 amide bonds. The van der Waals surface area contributed by atoms with Crippen LogP contribution in [0.3, 0.4) is 0 Å². The van der Waals surface area contributed by atoms with E-state index in [1.54, 1.807) is 6.26 Å². The van der Waals surface area contributed by atoms with E-state index in [0.717, 1.165) is 18.7 Å². The number of rotatable bonds is 2. The van der Waals surface area contributed by atoms with Gasteiger partial charge in [0.2, 0.25) is 5.89 Å². The fraction of sp³-hybridized carbons (Fsp3) is 0.700. The Morgan fingerprint density at radius 3 is 2.93 bits per heavy atom. The Labute approximate surface area is 83.3 Å². The summed E-state index contributed by atoms with van der Waals surface area (Å²) in [5.74, 6) is 0.977. The van der Waals surface area contributed by atoms with E-state index in [4.69, 9.17) is 4.42 Å². The molecule has 0 spiro atoms. The molecule has 1 aliphatic rings. The average Bonchev–Trinajstić information content (AvgIpc) is 2.71. The SMILES string of the molecule is CC(C)c1coc(C2NCCC2O)n1. The Morgan fingerprint density at radius 1 is 1.64 bits per heavy atom. The van der Waals surface area contributed by atoms with Crippen LogP contribution < -0.4 is 5.32 Å². The van der Waals surface area contributed by atoms with E-state index in [1.165, 1.54) is 0 Å². The van der Waals surface area contributed by atoms with Crippen molar-refractivity contribution in [3.05, 3.63) is 17.8 Å². The van der Waals surface area contributed by atoms with Gasteiger partial charge in [-0.05, 0) is 18.9 Å². The fourth-order valence-electron chi connectivity index (χ4n) is 1.65. The number of hydrogen-bond acceptors (Lipinski definition) is 4. The lowest BCUT2D eigenvalue weighted by molar-refractivity contribution is 0.147. The van der Waals surface area contributed by atoms with E-state index >= 15 is 0 Å². The third kappa shape index (κ3) is 1.67. The van der Waals surface area contributed by atoms with Crippen molar-refractivity contribution in [2.75, 3.05) is 6.54 Å². The van der Waals surface area contributed by atoms with E-state index in [9.17, 15) is 5.11 Å². The highest BCUT2D eigenvalue weighted by atomic mass is 16.3. The molecule has 1 aromatic heterocycles. The maximum absolute atomic E-state index is 9.63. The Kier molecular flexibility index (Phi) is 2.56. The predicted molar refractivity (Wildman–Crippen MR) is 52.0 cm³/mol. The molecule has 0 radical (unpaired) electrons. The summed E-state index contributed by atoms with van der Waals surface area (Å²) in [7, 11) is 0. The van der Waals surface area contributed by atoms with Crippen molar-refractivity contribution in [3.63, 3.8) is 0 Å². The molecule has 1 fully saturated rings. The molecule has 4 nitrogen and oxygen atoms in total. The summed E-state index contributed by atoms with van der Waals surface area (Å²) < 4.78 is 5.35. The number of nitrogens with one attached hydrogen (secondary N) is 1. The smallest absolute Gasteiger partial charge is 0.214 e. The molecule has 14 heavy (non-hydrogen) atoms. The molecule has 2 heterocycles. The van der Waals surface area contributed by atoms with Gasteiger partial charge in [0.1, 0.15) is 12.3 Å². The number of hydrogen-bond donors (Lipinski definition) is 2. The van der Waals surface area contributed by atoms with Crippen molar-refractivity contribution in [2.45, 2.75) is 38.3 Å². The van der Waals surface area contributed by atoms with Gasteiger partial charge in [-0.2, -0.15) is 0 Å². The number of aromatic nitrogens is 1. The zero-order valence-electron chi connectivity index (χ0n) is 8.53. The highest BCUT2D eigenvalue weighted by Gasteiger charge is 2.30. The van der Waals surface area contributed by atoms with E-state index in [-0.39, 0.29) is 12.1 Å². The number of aliphatic hydroxyl groups excluding tert-OH is 1. The van der Waals surface area contributed by atoms with E-state index < -0.39 is 0 Å². The Hall–Kier alpha value is -0.870. The van der Waals surface area contributed by atoms with Gasteiger partial charge in [0.25, 0.3) is 0 Å². The summed E-state index contributed by atoms with van der Waals surface area (Å²) in [6.07, 6.45) is 2.07. The quantitative estimate of drug-likeness (QED) is 0.746. The number of oxazole rings is 1. The monoisotopic (exact) mass is 196 g/mol. The van der Waals surface area contributed by atoms with Gasteiger partial charge in [-0.15, -0.1) is 0 Å². The molecule has 0 aliphatic carbocycles. The Morgan fingerprint density at radius 2 is 2.43 bits per heavy atom. The zero-order chi connectivity index (χ0) is 10.1. The van der Waals surface area contributed by atoms with Crippen LogP contribution in [0.4, 0.5) is 0 Å². The molecule has 0 saturated carbocycles. The summed E-state index contributed by atoms with van der Waals surface area (Å²) in [6, 6.07) is -0.123. The summed E-state index contributed by atoms with van der Waals surface area (Å²) in [6.45, 7) is 4.96. The molecule has 0 aromatic carbocycles. The van der Waals surface area contributed by atoms with Crippen molar-refractivity contribution >= 4 is 0 Å². The van der Waals surface area contributed by atoms with Crippen LogP contribution in [0.5, 0.6) is 0 Å². The molecule has 0 bridgehead atoms. The molecule has 2 atom stereocenters. The summed E-state index contributed by atoms with van der Waals surface area (Å²) >= 11 is 0. The minimum Gasteiger partial charge on any atom is -0.447 e. The minimum absolute atomic E-state index is 0.123. The van der Waals surface area contributed by atoms with Crippen molar-refractivity contribution in [2.24, 2.45) is 0 Å². The maximum Gasteiger partial charge on any atom is 0.214 e. The molecule has 1 saturated heterocycles. The highest BCUT2D eigenvalue weighted by molar-refractivity contribution is 5.06. The first-order valence-electron chi connectivity index (χ1n) is 5.05. The van der Waals surface area contributed by atoms with Gasteiger partial charge in [-0.25, -0.2) is 4.98 Å². The second kappa shape index (κ2) is 3.71. The average molecular weight is 196 g/mol. The maximum atomic E-state index is 9.63. The zero-order valence-corrected chi connectivity index (χ0v) is 8.53. The van der Waals surface area contributed by atoms with Crippen molar-refractivity contribution < 1.29 is 9.52 Å². The van der Waals surface area contributed by atoms with Gasteiger partial charge in [0.15, 0.2) is 0 Å². The van der Waals surface area contributed by atoms with E-state index in [1.807, 2.05) is 0 Å². The minimum atomic E-state index is -0.367. The van der Waals surface area contributed by atoms with Crippen LogP contribution in [-0.2, 0) is 0 Å². The lowest BCUT2D eigenvalue weighted by Crippen LogP contribution is -2.21. The van der Waals surface area contributed by atoms with Crippen molar-refractivity contribution in [3.8, 4) is 0 Å². The fourth-order valence-corrected chi connectivity index (χ4v) is 1.65. The second-order valence-corrected chi connectivity index (χ2v) is 4.05. The van der Waals surface area contributed by atoms with Crippen LogP contribution in [-0.4, -0.2) is 22.7 Å². The highest BCUT2D eigenvalue weighted by Crippen LogP contribution is 2.24. The van der Waals surface area contributed by atoms with Crippen LogP contribution in [0.2, 0.25) is 0 Å². The van der Waals surface area contributed by atoms with Crippen LogP contribution in [0.15, 0.2) is 10.7 Å². The molecule has 2 N–H and O–H groups in total. The first-order valence-corrected chi connectivity index (χ1v) is 5.05. The molecule has 2 unspecified atom stereocenters. The topological polar surface area (TPSA) is 58.3 Å².